The van der Waals surface area contributed by atoms with Crippen molar-refractivity contribution in [2.75, 3.05) is 19.8 Å². The Bertz CT molecular complexity index is 393. The van der Waals surface area contributed by atoms with Gasteiger partial charge in [0.25, 0.3) is 0 Å². The van der Waals surface area contributed by atoms with Crippen molar-refractivity contribution in [3.8, 4) is 0 Å². The molecule has 0 bridgehead atoms. The average Bonchev–Trinajstić information content (AvgIpc) is 2.80. The molecule has 9 atom stereocenters. The van der Waals surface area contributed by atoms with Crippen LogP contribution in [0.15, 0.2) is 0 Å². The molecule has 0 saturated carbocycles. The minimum Gasteiger partial charge on any atom is -0.394 e. The topological polar surface area (TPSA) is 190 Å². The van der Waals surface area contributed by atoms with Crippen LogP contribution in [0.3, 0.4) is 0 Å². The van der Waals surface area contributed by atoms with E-state index in [-0.39, 0.29) is 0 Å². The van der Waals surface area contributed by atoms with Gasteiger partial charge >= 0.3 is 0 Å². The van der Waals surface area contributed by atoms with E-state index in [1.807, 2.05) is 0 Å². The van der Waals surface area contributed by atoms with Crippen molar-refractivity contribution in [2.45, 2.75) is 54.8 Å². The molecule has 0 aromatic carbocycles. The SMILES string of the molecule is OC[C@H]1O[C@H](O[C@]2(CO)O[C@H](CO)[C@H](O)[C@H]2O)[C@H](O)[C@@H](O)[C@H]1O. The maximum atomic E-state index is 10.00. The van der Waals surface area contributed by atoms with E-state index >= 15 is 0 Å². The normalized spacial score (nSPS) is 51.1. The fourth-order valence-corrected chi connectivity index (χ4v) is 2.63. The zero-order valence-electron chi connectivity index (χ0n) is 12.0. The van der Waals surface area contributed by atoms with E-state index in [1.54, 1.807) is 0 Å². The largest absolute Gasteiger partial charge is 0.394 e. The molecule has 2 rings (SSSR count). The van der Waals surface area contributed by atoms with Gasteiger partial charge in [-0.2, -0.15) is 0 Å². The quantitative estimate of drug-likeness (QED) is 0.238. The van der Waals surface area contributed by atoms with Gasteiger partial charge in [0.05, 0.1) is 13.2 Å². The Morgan fingerprint density at radius 1 is 0.783 bits per heavy atom. The first kappa shape index (κ1) is 18.9. The van der Waals surface area contributed by atoms with E-state index < -0.39 is 74.6 Å². The van der Waals surface area contributed by atoms with E-state index in [0.717, 1.165) is 0 Å². The Balaban J connectivity index is 2.18. The molecule has 2 heterocycles. The lowest BCUT2D eigenvalue weighted by atomic mass is 9.99. The smallest absolute Gasteiger partial charge is 0.224 e. The monoisotopic (exact) mass is 342 g/mol. The lowest BCUT2D eigenvalue weighted by Gasteiger charge is -2.43. The molecule has 0 radical (unpaired) electrons. The third kappa shape index (κ3) is 3.23. The average molecular weight is 342 g/mol. The van der Waals surface area contributed by atoms with Crippen molar-refractivity contribution in [3.63, 3.8) is 0 Å². The maximum absolute atomic E-state index is 10.00. The van der Waals surface area contributed by atoms with Crippen LogP contribution in [-0.2, 0) is 14.2 Å². The molecule has 2 fully saturated rings. The Labute approximate surface area is 130 Å². The summed E-state index contributed by atoms with van der Waals surface area (Å²) in [6.07, 6.45) is -12.7. The summed E-state index contributed by atoms with van der Waals surface area (Å²) in [4.78, 5) is 0. The van der Waals surface area contributed by atoms with Gasteiger partial charge in [-0.15, -0.1) is 0 Å². The molecule has 2 saturated heterocycles. The van der Waals surface area contributed by atoms with Gasteiger partial charge in [-0.05, 0) is 0 Å². The predicted molar refractivity (Wildman–Crippen MR) is 68.6 cm³/mol. The highest BCUT2D eigenvalue weighted by Crippen LogP contribution is 2.35. The van der Waals surface area contributed by atoms with Gasteiger partial charge in [0.15, 0.2) is 6.29 Å². The second-order valence-electron chi connectivity index (χ2n) is 5.56. The molecular weight excluding hydrogens is 320 g/mol. The summed E-state index contributed by atoms with van der Waals surface area (Å²) in [6.45, 7) is -2.32. The van der Waals surface area contributed by atoms with Gasteiger partial charge < -0.3 is 55.1 Å². The van der Waals surface area contributed by atoms with Gasteiger partial charge in [0.1, 0.15) is 49.3 Å². The first-order valence-electron chi connectivity index (χ1n) is 7.05. The van der Waals surface area contributed by atoms with Crippen LogP contribution in [0.5, 0.6) is 0 Å². The zero-order chi connectivity index (χ0) is 17.4. The Kier molecular flexibility index (Phi) is 5.92. The molecule has 2 aliphatic rings. The molecule has 23 heavy (non-hydrogen) atoms. The van der Waals surface area contributed by atoms with E-state index in [9.17, 15) is 30.6 Å². The highest BCUT2D eigenvalue weighted by Gasteiger charge is 2.58. The van der Waals surface area contributed by atoms with Gasteiger partial charge in [-0.25, -0.2) is 0 Å². The highest BCUT2D eigenvalue weighted by atomic mass is 16.8. The van der Waals surface area contributed by atoms with Gasteiger partial charge in [0, 0.05) is 0 Å². The minimum atomic E-state index is -2.22. The van der Waals surface area contributed by atoms with Crippen molar-refractivity contribution in [1.82, 2.24) is 0 Å². The first-order valence-corrected chi connectivity index (χ1v) is 7.05. The molecule has 8 N–H and O–H groups in total. The van der Waals surface area contributed by atoms with Crippen LogP contribution in [0, 0.1) is 0 Å². The number of hydrogen-bond donors (Lipinski definition) is 8. The number of hydrogen-bond acceptors (Lipinski definition) is 11. The standard InChI is InChI=1S/C12H22O11/c13-1-4-6(16)8(18)9(19)11(21-4)23-12(3-15)10(20)7(17)5(2-14)22-12/h4-11,13-20H,1-3H2/t4-,5-,6+,7+,8+,9-,10-,11-,12+/m1/s1. The highest BCUT2D eigenvalue weighted by molar-refractivity contribution is 4.98. The van der Waals surface area contributed by atoms with Crippen molar-refractivity contribution in [1.29, 1.82) is 0 Å². The zero-order valence-corrected chi connectivity index (χ0v) is 12.0. The predicted octanol–water partition coefficient (Wildman–Crippen LogP) is -5.40. The molecular formula is C12H22O11. The van der Waals surface area contributed by atoms with Crippen molar-refractivity contribution in [3.05, 3.63) is 0 Å². The third-order valence-corrected chi connectivity index (χ3v) is 4.07. The summed E-state index contributed by atoms with van der Waals surface area (Å²) in [5.74, 6) is -2.22. The number of rotatable bonds is 5. The molecule has 0 aromatic rings. The number of aliphatic hydroxyl groups excluding tert-OH is 8. The molecule has 11 nitrogen and oxygen atoms in total. The summed E-state index contributed by atoms with van der Waals surface area (Å²) in [5, 5.41) is 76.7. The molecule has 0 aliphatic carbocycles. The summed E-state index contributed by atoms with van der Waals surface area (Å²) in [5.41, 5.74) is 0. The summed E-state index contributed by atoms with van der Waals surface area (Å²) >= 11 is 0. The fraction of sp³-hybridized carbons (Fsp3) is 1.00. The van der Waals surface area contributed by atoms with Crippen LogP contribution >= 0.6 is 0 Å². The van der Waals surface area contributed by atoms with Crippen LogP contribution in [0.4, 0.5) is 0 Å². The van der Waals surface area contributed by atoms with Crippen LogP contribution in [-0.4, -0.2) is 115 Å². The minimum absolute atomic E-state index is 0.669. The second-order valence-corrected chi connectivity index (χ2v) is 5.56. The van der Waals surface area contributed by atoms with Crippen molar-refractivity contribution >= 4 is 0 Å². The van der Waals surface area contributed by atoms with E-state index in [1.165, 1.54) is 0 Å². The van der Waals surface area contributed by atoms with Crippen LogP contribution in [0.2, 0.25) is 0 Å². The van der Waals surface area contributed by atoms with E-state index in [4.69, 9.17) is 24.4 Å². The van der Waals surface area contributed by atoms with Crippen LogP contribution in [0.1, 0.15) is 0 Å². The van der Waals surface area contributed by atoms with Gasteiger partial charge in [0.2, 0.25) is 5.79 Å². The molecule has 0 spiro atoms. The molecule has 2 aliphatic heterocycles. The molecule has 0 amide bonds. The lowest BCUT2D eigenvalue weighted by Crippen LogP contribution is -2.62. The molecule has 136 valence electrons. The molecule has 0 unspecified atom stereocenters. The number of ether oxygens (including phenoxy) is 3. The Hall–Kier alpha value is -0.440. The maximum Gasteiger partial charge on any atom is 0.224 e. The van der Waals surface area contributed by atoms with Crippen LogP contribution in [0.25, 0.3) is 0 Å². The summed E-state index contributed by atoms with van der Waals surface area (Å²) < 4.78 is 15.4. The van der Waals surface area contributed by atoms with Crippen molar-refractivity contribution < 1.29 is 55.1 Å². The molecule has 0 aromatic heterocycles. The first-order chi connectivity index (χ1) is 10.8. The molecule has 11 heteroatoms. The van der Waals surface area contributed by atoms with E-state index in [2.05, 4.69) is 0 Å². The summed E-state index contributed by atoms with van der Waals surface area (Å²) in [6, 6.07) is 0. The Morgan fingerprint density at radius 2 is 1.39 bits per heavy atom. The fourth-order valence-electron chi connectivity index (χ4n) is 2.63. The summed E-state index contributed by atoms with van der Waals surface area (Å²) in [7, 11) is 0. The van der Waals surface area contributed by atoms with Gasteiger partial charge in [-0.1, -0.05) is 0 Å². The number of aliphatic hydroxyl groups is 8. The third-order valence-electron chi connectivity index (χ3n) is 4.07. The lowest BCUT2D eigenvalue weighted by molar-refractivity contribution is -0.383. The second kappa shape index (κ2) is 7.21. The Morgan fingerprint density at radius 3 is 1.87 bits per heavy atom. The van der Waals surface area contributed by atoms with E-state index in [0.29, 0.717) is 0 Å². The van der Waals surface area contributed by atoms with Gasteiger partial charge in [-0.3, -0.25) is 0 Å². The van der Waals surface area contributed by atoms with Crippen LogP contribution < -0.4 is 0 Å². The van der Waals surface area contributed by atoms with Crippen molar-refractivity contribution in [2.24, 2.45) is 0 Å².